The van der Waals surface area contributed by atoms with Gasteiger partial charge in [-0.2, -0.15) is 0 Å². The van der Waals surface area contributed by atoms with Crippen molar-refractivity contribution in [2.75, 3.05) is 14.1 Å². The summed E-state index contributed by atoms with van der Waals surface area (Å²) in [5.74, 6) is -2.32. The van der Waals surface area contributed by atoms with Crippen LogP contribution in [0.5, 0.6) is 0 Å². The van der Waals surface area contributed by atoms with Crippen LogP contribution in [0.3, 0.4) is 0 Å². The van der Waals surface area contributed by atoms with Crippen molar-refractivity contribution >= 4 is 11.9 Å². The summed E-state index contributed by atoms with van der Waals surface area (Å²) < 4.78 is 49.1. The molecule has 0 aliphatic heterocycles. The van der Waals surface area contributed by atoms with Crippen molar-refractivity contribution in [3.05, 3.63) is 35.4 Å². The average molecular weight is 200 g/mol. The molecule has 0 saturated carbocycles. The highest BCUT2D eigenvalue weighted by Crippen LogP contribution is 2.07. The van der Waals surface area contributed by atoms with Crippen molar-refractivity contribution in [1.29, 1.82) is 0 Å². The van der Waals surface area contributed by atoms with Crippen LogP contribution in [0, 0.1) is 0 Å². The second-order valence-electron chi connectivity index (χ2n) is 2.36. The minimum atomic E-state index is -2.91. The van der Waals surface area contributed by atoms with Gasteiger partial charge in [-0.05, 0) is 18.2 Å². The smallest absolute Gasteiger partial charge is 0.337 e. The Morgan fingerprint density at radius 2 is 1.64 bits per heavy atom. The first-order valence-electron chi connectivity index (χ1n) is 6.55. The SMILES string of the molecule is [2H]C([2H])([2H])OC(=O)c1cccc(C(=O)OC([2H])([2H])[2H])c1. The van der Waals surface area contributed by atoms with Gasteiger partial charge in [-0.1, -0.05) is 6.07 Å². The summed E-state index contributed by atoms with van der Waals surface area (Å²) in [4.78, 5) is 22.9. The molecule has 74 valence electrons. The van der Waals surface area contributed by atoms with Gasteiger partial charge in [0.2, 0.25) is 0 Å². The lowest BCUT2D eigenvalue weighted by Crippen LogP contribution is -2.05. The fraction of sp³-hybridized carbons (Fsp3) is 0.200. The van der Waals surface area contributed by atoms with Gasteiger partial charge in [0.05, 0.1) is 33.4 Å². The molecule has 1 aromatic carbocycles. The Balaban J connectivity index is 2.91. The molecule has 0 amide bonds. The number of esters is 2. The van der Waals surface area contributed by atoms with Gasteiger partial charge in [-0.15, -0.1) is 0 Å². The van der Waals surface area contributed by atoms with Crippen molar-refractivity contribution < 1.29 is 27.3 Å². The lowest BCUT2D eigenvalue weighted by molar-refractivity contribution is 0.0599. The summed E-state index contributed by atoms with van der Waals surface area (Å²) in [5, 5.41) is 0. The van der Waals surface area contributed by atoms with Gasteiger partial charge < -0.3 is 9.47 Å². The molecule has 4 heteroatoms. The molecule has 0 saturated heterocycles. The van der Waals surface area contributed by atoms with Crippen LogP contribution in [0.1, 0.15) is 28.9 Å². The molecule has 1 aromatic rings. The topological polar surface area (TPSA) is 52.6 Å². The maximum Gasteiger partial charge on any atom is 0.337 e. The van der Waals surface area contributed by atoms with Gasteiger partial charge in [0.1, 0.15) is 0 Å². The van der Waals surface area contributed by atoms with E-state index in [0.717, 1.165) is 6.07 Å². The molecule has 0 bridgehead atoms. The van der Waals surface area contributed by atoms with Crippen molar-refractivity contribution in [1.82, 2.24) is 0 Å². The number of carbonyl (C=O) groups excluding carboxylic acids is 2. The Labute approximate surface area is 89.9 Å². The minimum absolute atomic E-state index is 0.207. The quantitative estimate of drug-likeness (QED) is 0.674. The lowest BCUT2D eigenvalue weighted by Gasteiger charge is -2.01. The molecule has 0 unspecified atom stereocenters. The highest BCUT2D eigenvalue weighted by atomic mass is 16.5. The van der Waals surface area contributed by atoms with E-state index >= 15 is 0 Å². The summed E-state index contributed by atoms with van der Waals surface area (Å²) in [5.41, 5.74) is -0.415. The minimum Gasteiger partial charge on any atom is -0.465 e. The highest BCUT2D eigenvalue weighted by molar-refractivity contribution is 5.95. The Morgan fingerprint density at radius 3 is 2.07 bits per heavy atom. The van der Waals surface area contributed by atoms with E-state index < -0.39 is 26.0 Å². The van der Waals surface area contributed by atoms with E-state index in [1.807, 2.05) is 0 Å². The zero-order valence-electron chi connectivity index (χ0n) is 12.9. The van der Waals surface area contributed by atoms with Gasteiger partial charge in [-0.3, -0.25) is 0 Å². The molecule has 4 nitrogen and oxygen atoms in total. The third-order valence-corrected chi connectivity index (χ3v) is 1.52. The second kappa shape index (κ2) is 4.41. The number of hydrogen-bond donors (Lipinski definition) is 0. The maximum absolute atomic E-state index is 11.5. The summed E-state index contributed by atoms with van der Waals surface area (Å²) >= 11 is 0. The fourth-order valence-electron chi connectivity index (χ4n) is 0.891. The van der Waals surface area contributed by atoms with Crippen LogP contribution in [0.15, 0.2) is 24.3 Å². The summed E-state index contributed by atoms with van der Waals surface area (Å²) in [6.07, 6.45) is 0. The third-order valence-electron chi connectivity index (χ3n) is 1.52. The largest absolute Gasteiger partial charge is 0.465 e. The number of ether oxygens (including phenoxy) is 2. The number of benzene rings is 1. The second-order valence-corrected chi connectivity index (χ2v) is 2.36. The van der Waals surface area contributed by atoms with Crippen molar-refractivity contribution in [2.45, 2.75) is 0 Å². The van der Waals surface area contributed by atoms with Crippen LogP contribution in [-0.4, -0.2) is 26.0 Å². The molecule has 0 aliphatic rings. The first-order valence-corrected chi connectivity index (χ1v) is 3.55. The van der Waals surface area contributed by atoms with Crippen LogP contribution in [0.4, 0.5) is 0 Å². The lowest BCUT2D eigenvalue weighted by atomic mass is 10.1. The molecule has 0 radical (unpaired) electrons. The molecule has 0 spiro atoms. The highest BCUT2D eigenvalue weighted by Gasteiger charge is 2.09. The Bertz CT molecular complexity index is 476. The molecule has 14 heavy (non-hydrogen) atoms. The van der Waals surface area contributed by atoms with Gasteiger partial charge in [0.15, 0.2) is 0 Å². The molecule has 0 aliphatic carbocycles. The van der Waals surface area contributed by atoms with E-state index in [2.05, 4.69) is 9.47 Å². The van der Waals surface area contributed by atoms with Crippen LogP contribution < -0.4 is 0 Å². The van der Waals surface area contributed by atoms with Crippen molar-refractivity contribution in [2.24, 2.45) is 0 Å². The number of methoxy groups -OCH3 is 2. The van der Waals surface area contributed by atoms with Gasteiger partial charge in [0, 0.05) is 0 Å². The predicted molar refractivity (Wildman–Crippen MR) is 49.1 cm³/mol. The van der Waals surface area contributed by atoms with Crippen LogP contribution in [0.25, 0.3) is 0 Å². The number of rotatable bonds is 2. The Hall–Kier alpha value is -1.84. The molecule has 0 heterocycles. The average Bonchev–Trinajstić information content (AvgIpc) is 2.24. The first kappa shape index (κ1) is 4.59. The van der Waals surface area contributed by atoms with Gasteiger partial charge in [0.25, 0.3) is 0 Å². The van der Waals surface area contributed by atoms with E-state index in [-0.39, 0.29) is 11.1 Å². The molecule has 0 fully saturated rings. The normalized spacial score (nSPS) is 17.4. The summed E-state index contributed by atoms with van der Waals surface area (Å²) in [6.45, 7) is 0. The number of hydrogen-bond acceptors (Lipinski definition) is 4. The molecular weight excluding hydrogens is 184 g/mol. The molecule has 0 N–H and O–H groups in total. The van der Waals surface area contributed by atoms with E-state index in [1.54, 1.807) is 0 Å². The molecular formula is C10H10O4. The maximum atomic E-state index is 11.5. The standard InChI is InChI=1S/C10H10O4/c1-13-9(11)7-4-3-5-8(6-7)10(12)14-2/h3-6H,1-2H3/i1D3,2D3. The van der Waals surface area contributed by atoms with Gasteiger partial charge in [-0.25, -0.2) is 9.59 Å². The predicted octanol–water partition coefficient (Wildman–Crippen LogP) is 1.26. The summed E-state index contributed by atoms with van der Waals surface area (Å²) in [7, 11) is -5.82. The molecule has 0 atom stereocenters. The zero-order valence-corrected chi connectivity index (χ0v) is 6.94. The molecule has 1 rings (SSSR count). The first-order chi connectivity index (χ1) is 8.98. The van der Waals surface area contributed by atoms with Crippen LogP contribution in [-0.2, 0) is 9.47 Å². The molecule has 0 aromatic heterocycles. The van der Waals surface area contributed by atoms with E-state index in [9.17, 15) is 9.59 Å². The van der Waals surface area contributed by atoms with Crippen LogP contribution in [0.2, 0.25) is 0 Å². The zero-order chi connectivity index (χ0) is 15.6. The van der Waals surface area contributed by atoms with Crippen LogP contribution >= 0.6 is 0 Å². The fourth-order valence-corrected chi connectivity index (χ4v) is 0.891. The Kier molecular flexibility index (Phi) is 1.45. The van der Waals surface area contributed by atoms with Gasteiger partial charge >= 0.3 is 11.9 Å². The Morgan fingerprint density at radius 1 is 1.14 bits per heavy atom. The number of carbonyl (C=O) groups is 2. The third kappa shape index (κ3) is 2.10. The summed E-state index contributed by atoms with van der Waals surface area (Å²) in [6, 6.07) is 4.70. The van der Waals surface area contributed by atoms with Crippen molar-refractivity contribution in [3.63, 3.8) is 0 Å². The van der Waals surface area contributed by atoms with E-state index in [0.29, 0.717) is 0 Å². The van der Waals surface area contributed by atoms with Crippen molar-refractivity contribution in [3.8, 4) is 0 Å². The van der Waals surface area contributed by atoms with E-state index in [1.165, 1.54) is 18.2 Å². The van der Waals surface area contributed by atoms with E-state index in [4.69, 9.17) is 8.22 Å². The monoisotopic (exact) mass is 200 g/mol.